The molecule has 1 aliphatic rings. The van der Waals surface area contributed by atoms with Gasteiger partial charge in [0.25, 0.3) is 0 Å². The Labute approximate surface area is 116 Å². The van der Waals surface area contributed by atoms with Crippen LogP contribution in [0.3, 0.4) is 0 Å². The Hall–Kier alpha value is -2.49. The minimum Gasteiger partial charge on any atom is -0.515 e. The highest BCUT2D eigenvalue weighted by Gasteiger charge is 2.37. The first-order valence-corrected chi connectivity index (χ1v) is 6.37. The van der Waals surface area contributed by atoms with Gasteiger partial charge in [-0.15, -0.1) is 0 Å². The molecular formula is C16H14N2O2. The van der Waals surface area contributed by atoms with Crippen molar-refractivity contribution >= 4 is 28.6 Å². The average molecular weight is 266 g/mol. The molecule has 0 fully saturated rings. The van der Waals surface area contributed by atoms with Crippen LogP contribution in [0.5, 0.6) is 0 Å². The van der Waals surface area contributed by atoms with Crippen LogP contribution in [0, 0.1) is 0 Å². The van der Waals surface area contributed by atoms with Crippen molar-refractivity contribution in [1.82, 2.24) is 4.98 Å². The quantitative estimate of drug-likeness (QED) is 0.515. The van der Waals surface area contributed by atoms with Crippen molar-refractivity contribution in [1.29, 1.82) is 0 Å². The molecule has 0 aliphatic carbocycles. The number of allylic oxidation sites excluding steroid dienone is 1. The van der Waals surface area contributed by atoms with Crippen molar-refractivity contribution in [2.24, 2.45) is 4.99 Å². The number of pyridine rings is 1. The van der Waals surface area contributed by atoms with Crippen LogP contribution in [0.1, 0.15) is 19.4 Å². The zero-order valence-electron chi connectivity index (χ0n) is 11.3. The van der Waals surface area contributed by atoms with Crippen LogP contribution >= 0.6 is 0 Å². The second-order valence-corrected chi connectivity index (χ2v) is 5.32. The minimum atomic E-state index is -0.434. The zero-order chi connectivity index (χ0) is 14.3. The van der Waals surface area contributed by atoms with Crippen LogP contribution in [0.4, 0.5) is 5.69 Å². The molecule has 1 aliphatic heterocycles. The van der Waals surface area contributed by atoms with Gasteiger partial charge < -0.3 is 5.11 Å². The van der Waals surface area contributed by atoms with E-state index in [9.17, 15) is 9.90 Å². The van der Waals surface area contributed by atoms with Gasteiger partial charge in [0.05, 0.1) is 28.8 Å². The fraction of sp³-hybridized carbons (Fsp3) is 0.188. The van der Waals surface area contributed by atoms with Crippen LogP contribution in [0.2, 0.25) is 0 Å². The first-order valence-electron chi connectivity index (χ1n) is 6.37. The number of aldehydes is 1. The van der Waals surface area contributed by atoms with E-state index in [2.05, 4.69) is 9.98 Å². The number of carbonyl (C=O) groups is 1. The SMILES string of the molecule is CC1(C)C(/C(C=O)=C\O)=Nc2c1ccc1cccnc21. The molecule has 0 amide bonds. The molecule has 4 heteroatoms. The van der Waals surface area contributed by atoms with E-state index in [0.29, 0.717) is 12.0 Å². The number of aliphatic hydroxyl groups excluding tert-OH is 1. The Kier molecular flexibility index (Phi) is 2.67. The van der Waals surface area contributed by atoms with Crippen molar-refractivity contribution < 1.29 is 9.90 Å². The van der Waals surface area contributed by atoms with Crippen molar-refractivity contribution in [2.75, 3.05) is 0 Å². The lowest BCUT2D eigenvalue weighted by Crippen LogP contribution is -2.27. The molecule has 0 atom stereocenters. The Bertz CT molecular complexity index is 773. The highest BCUT2D eigenvalue weighted by Crippen LogP contribution is 2.44. The Morgan fingerprint density at radius 2 is 2.10 bits per heavy atom. The topological polar surface area (TPSA) is 62.5 Å². The van der Waals surface area contributed by atoms with Gasteiger partial charge in [0.2, 0.25) is 0 Å². The van der Waals surface area contributed by atoms with E-state index in [-0.39, 0.29) is 5.57 Å². The maximum atomic E-state index is 11.1. The van der Waals surface area contributed by atoms with Crippen LogP contribution in [0.25, 0.3) is 10.9 Å². The maximum Gasteiger partial charge on any atom is 0.155 e. The number of aliphatic hydroxyl groups is 1. The molecule has 2 aromatic rings. The predicted molar refractivity (Wildman–Crippen MR) is 78.6 cm³/mol. The van der Waals surface area contributed by atoms with E-state index in [1.54, 1.807) is 6.20 Å². The summed E-state index contributed by atoms with van der Waals surface area (Å²) in [6.45, 7) is 3.97. The summed E-state index contributed by atoms with van der Waals surface area (Å²) in [5.74, 6) is 0. The second-order valence-electron chi connectivity index (χ2n) is 5.32. The number of hydrogen-bond acceptors (Lipinski definition) is 4. The maximum absolute atomic E-state index is 11.1. The average Bonchev–Trinajstić information content (AvgIpc) is 2.73. The standard InChI is InChI=1S/C16H14N2O2/c1-16(2)12-6-5-10-4-3-7-17-13(10)14(12)18-15(16)11(8-19)9-20/h3-9,19H,1-2H3/b11-8-. The van der Waals surface area contributed by atoms with Crippen LogP contribution in [0.15, 0.2) is 47.3 Å². The van der Waals surface area contributed by atoms with E-state index in [0.717, 1.165) is 28.4 Å². The molecule has 0 unspecified atom stereocenters. The third kappa shape index (κ3) is 1.58. The van der Waals surface area contributed by atoms with Gasteiger partial charge in [-0.05, 0) is 11.6 Å². The molecule has 2 heterocycles. The van der Waals surface area contributed by atoms with E-state index in [4.69, 9.17) is 0 Å². The number of fused-ring (bicyclic) bond motifs is 3. The van der Waals surface area contributed by atoms with Gasteiger partial charge in [0, 0.05) is 17.0 Å². The fourth-order valence-corrected chi connectivity index (χ4v) is 2.70. The van der Waals surface area contributed by atoms with Crippen molar-refractivity contribution in [3.8, 4) is 0 Å². The molecule has 0 radical (unpaired) electrons. The van der Waals surface area contributed by atoms with Gasteiger partial charge in [0.1, 0.15) is 0 Å². The fourth-order valence-electron chi connectivity index (χ4n) is 2.70. The van der Waals surface area contributed by atoms with E-state index < -0.39 is 5.41 Å². The number of benzene rings is 1. The smallest absolute Gasteiger partial charge is 0.155 e. The predicted octanol–water partition coefficient (Wildman–Crippen LogP) is 3.24. The largest absolute Gasteiger partial charge is 0.515 e. The molecule has 0 spiro atoms. The third-order valence-electron chi connectivity index (χ3n) is 3.78. The number of nitrogens with zero attached hydrogens (tertiary/aromatic N) is 2. The lowest BCUT2D eigenvalue weighted by Gasteiger charge is -2.21. The van der Waals surface area contributed by atoms with Gasteiger partial charge in [-0.3, -0.25) is 9.78 Å². The van der Waals surface area contributed by atoms with Crippen molar-refractivity contribution in [3.05, 3.63) is 47.9 Å². The first-order chi connectivity index (χ1) is 9.59. The number of hydrogen-bond donors (Lipinski definition) is 1. The number of aliphatic imine (C=N–C) groups is 1. The zero-order valence-corrected chi connectivity index (χ0v) is 11.3. The van der Waals surface area contributed by atoms with Gasteiger partial charge in [-0.2, -0.15) is 0 Å². The van der Waals surface area contributed by atoms with E-state index >= 15 is 0 Å². The molecule has 1 aromatic heterocycles. The summed E-state index contributed by atoms with van der Waals surface area (Å²) in [6, 6.07) is 7.87. The summed E-state index contributed by atoms with van der Waals surface area (Å²) in [5.41, 5.74) is 2.95. The van der Waals surface area contributed by atoms with E-state index in [1.807, 2.05) is 38.1 Å². The third-order valence-corrected chi connectivity index (χ3v) is 3.78. The molecular weight excluding hydrogens is 252 g/mol. The van der Waals surface area contributed by atoms with Crippen LogP contribution < -0.4 is 0 Å². The van der Waals surface area contributed by atoms with Crippen LogP contribution in [-0.4, -0.2) is 22.1 Å². The van der Waals surface area contributed by atoms with Gasteiger partial charge >= 0.3 is 0 Å². The first kappa shape index (κ1) is 12.5. The normalized spacial score (nSPS) is 16.9. The molecule has 0 saturated heterocycles. The Morgan fingerprint density at radius 1 is 1.30 bits per heavy atom. The second kappa shape index (κ2) is 4.27. The number of rotatable bonds is 2. The molecule has 100 valence electrons. The highest BCUT2D eigenvalue weighted by molar-refractivity contribution is 6.23. The van der Waals surface area contributed by atoms with Crippen LogP contribution in [-0.2, 0) is 10.2 Å². The summed E-state index contributed by atoms with van der Waals surface area (Å²) < 4.78 is 0. The molecule has 0 saturated carbocycles. The Morgan fingerprint density at radius 3 is 2.80 bits per heavy atom. The summed E-state index contributed by atoms with van der Waals surface area (Å²) in [5, 5.41) is 10.2. The molecule has 0 bridgehead atoms. The van der Waals surface area contributed by atoms with Gasteiger partial charge in [0.15, 0.2) is 6.29 Å². The highest BCUT2D eigenvalue weighted by atomic mass is 16.2. The molecule has 3 rings (SSSR count). The molecule has 4 nitrogen and oxygen atoms in total. The summed E-state index contributed by atoms with van der Waals surface area (Å²) in [7, 11) is 0. The minimum absolute atomic E-state index is 0.204. The summed E-state index contributed by atoms with van der Waals surface area (Å²) >= 11 is 0. The molecule has 1 aromatic carbocycles. The monoisotopic (exact) mass is 266 g/mol. The number of aromatic nitrogens is 1. The van der Waals surface area contributed by atoms with Crippen molar-refractivity contribution in [2.45, 2.75) is 19.3 Å². The Balaban J connectivity index is 2.33. The van der Waals surface area contributed by atoms with Crippen molar-refractivity contribution in [3.63, 3.8) is 0 Å². The summed E-state index contributed by atoms with van der Waals surface area (Å²) in [4.78, 5) is 20.1. The number of carbonyl (C=O) groups excluding carboxylic acids is 1. The molecule has 20 heavy (non-hydrogen) atoms. The lowest BCUT2D eigenvalue weighted by molar-refractivity contribution is -0.104. The summed E-state index contributed by atoms with van der Waals surface area (Å²) in [6.07, 6.45) is 3.17. The van der Waals surface area contributed by atoms with Gasteiger partial charge in [-0.25, -0.2) is 4.99 Å². The molecule has 1 N–H and O–H groups in total. The van der Waals surface area contributed by atoms with E-state index in [1.165, 1.54) is 0 Å². The van der Waals surface area contributed by atoms with Gasteiger partial charge in [-0.1, -0.05) is 32.0 Å². The lowest BCUT2D eigenvalue weighted by atomic mass is 9.79.